The molecule has 0 radical (unpaired) electrons. The molecule has 9 heteroatoms. The van der Waals surface area contributed by atoms with E-state index < -0.39 is 22.0 Å². The summed E-state index contributed by atoms with van der Waals surface area (Å²) in [6.07, 6.45) is 1.48. The van der Waals surface area contributed by atoms with E-state index in [4.69, 9.17) is 4.74 Å². The van der Waals surface area contributed by atoms with Crippen LogP contribution in [-0.4, -0.2) is 46.6 Å². The van der Waals surface area contributed by atoms with Gasteiger partial charge in [0, 0.05) is 6.04 Å². The first-order valence-electron chi connectivity index (χ1n) is 6.79. The zero-order valence-electron chi connectivity index (χ0n) is 12.1. The quantitative estimate of drug-likeness (QED) is 0.764. The highest BCUT2D eigenvalue weighted by molar-refractivity contribution is 7.89. The van der Waals surface area contributed by atoms with Gasteiger partial charge in [-0.25, -0.2) is 8.42 Å². The number of carbonyl (C=O) groups is 1. The summed E-state index contributed by atoms with van der Waals surface area (Å²) in [5.41, 5.74) is 0.878. The number of ether oxygens (including phenoxy) is 1. The zero-order chi connectivity index (χ0) is 15.9. The second-order valence-corrected chi connectivity index (χ2v) is 7.49. The fraction of sp³-hybridized carbons (Fsp3) is 0.462. The predicted octanol–water partition coefficient (Wildman–Crippen LogP) is 1.41. The van der Waals surface area contributed by atoms with Gasteiger partial charge in [0.2, 0.25) is 10.0 Å². The summed E-state index contributed by atoms with van der Waals surface area (Å²) < 4.78 is 40.2. The number of aromatic nitrogens is 2. The molecule has 1 atom stereocenters. The van der Waals surface area contributed by atoms with Crippen molar-refractivity contribution in [1.82, 2.24) is 13.1 Å². The number of rotatable bonds is 5. The van der Waals surface area contributed by atoms with E-state index in [1.807, 2.05) is 0 Å². The SMILES string of the molecule is COC(=O)[C@@H](C)N(C1CC1)S(=O)(=O)c1cccc2nsnc12. The first-order chi connectivity index (χ1) is 10.5. The molecule has 7 nitrogen and oxygen atoms in total. The smallest absolute Gasteiger partial charge is 0.323 e. The average molecular weight is 341 g/mol. The van der Waals surface area contributed by atoms with Gasteiger partial charge in [-0.3, -0.25) is 4.79 Å². The van der Waals surface area contributed by atoms with Crippen LogP contribution < -0.4 is 0 Å². The standard InChI is InChI=1S/C13H15N3O4S2/c1-8(13(17)20-2)16(9-6-7-9)22(18,19)11-5-3-4-10-12(11)15-21-14-10/h3-5,8-9H,6-7H2,1-2H3/t8-/m1/s1. The molecular formula is C13H15N3O4S2. The zero-order valence-corrected chi connectivity index (χ0v) is 13.7. The summed E-state index contributed by atoms with van der Waals surface area (Å²) in [7, 11) is -2.60. The Balaban J connectivity index is 2.10. The molecule has 3 rings (SSSR count). The molecule has 0 N–H and O–H groups in total. The van der Waals surface area contributed by atoms with E-state index in [0.29, 0.717) is 11.0 Å². The van der Waals surface area contributed by atoms with E-state index in [1.54, 1.807) is 19.1 Å². The van der Waals surface area contributed by atoms with Crippen LogP contribution in [0, 0.1) is 0 Å². The second-order valence-electron chi connectivity index (χ2n) is 5.15. The van der Waals surface area contributed by atoms with Crippen molar-refractivity contribution in [2.75, 3.05) is 7.11 Å². The van der Waals surface area contributed by atoms with Gasteiger partial charge in [-0.05, 0) is 31.9 Å². The maximum atomic E-state index is 13.0. The van der Waals surface area contributed by atoms with Crippen molar-refractivity contribution < 1.29 is 17.9 Å². The Morgan fingerprint density at radius 1 is 1.41 bits per heavy atom. The Morgan fingerprint density at radius 3 is 2.77 bits per heavy atom. The fourth-order valence-corrected chi connectivity index (χ4v) is 5.01. The van der Waals surface area contributed by atoms with Crippen molar-refractivity contribution in [2.45, 2.75) is 36.7 Å². The molecule has 1 saturated carbocycles. The van der Waals surface area contributed by atoms with Crippen LogP contribution in [0.25, 0.3) is 11.0 Å². The minimum absolute atomic E-state index is 0.0846. The highest BCUT2D eigenvalue weighted by Gasteiger charge is 2.44. The fourth-order valence-electron chi connectivity index (χ4n) is 2.43. The first-order valence-corrected chi connectivity index (χ1v) is 8.96. The number of benzene rings is 1. The maximum absolute atomic E-state index is 13.0. The highest BCUT2D eigenvalue weighted by Crippen LogP contribution is 2.35. The molecule has 0 aliphatic heterocycles. The molecule has 1 aliphatic carbocycles. The Bertz CT molecular complexity index is 814. The molecule has 1 heterocycles. The molecule has 118 valence electrons. The van der Waals surface area contributed by atoms with Crippen molar-refractivity contribution in [3.05, 3.63) is 18.2 Å². The van der Waals surface area contributed by atoms with Crippen molar-refractivity contribution in [2.24, 2.45) is 0 Å². The van der Waals surface area contributed by atoms with E-state index in [2.05, 4.69) is 8.75 Å². The largest absolute Gasteiger partial charge is 0.468 e. The van der Waals surface area contributed by atoms with Crippen LogP contribution in [0.15, 0.2) is 23.1 Å². The third-order valence-electron chi connectivity index (χ3n) is 3.64. The molecule has 0 amide bonds. The lowest BCUT2D eigenvalue weighted by Crippen LogP contribution is -2.45. The third kappa shape index (κ3) is 2.49. The number of carbonyl (C=O) groups excluding carboxylic acids is 1. The van der Waals surface area contributed by atoms with Crippen molar-refractivity contribution in [3.63, 3.8) is 0 Å². The number of fused-ring (bicyclic) bond motifs is 1. The first kappa shape index (κ1) is 15.3. The molecule has 0 spiro atoms. The van der Waals surface area contributed by atoms with Crippen molar-refractivity contribution in [1.29, 1.82) is 0 Å². The molecule has 0 unspecified atom stereocenters. The normalized spacial score (nSPS) is 16.9. The summed E-state index contributed by atoms with van der Waals surface area (Å²) >= 11 is 0.963. The number of hydrogen-bond acceptors (Lipinski definition) is 7. The molecule has 0 saturated heterocycles. The van der Waals surface area contributed by atoms with Gasteiger partial charge in [0.15, 0.2) is 0 Å². The maximum Gasteiger partial charge on any atom is 0.323 e. The highest BCUT2D eigenvalue weighted by atomic mass is 32.2. The number of sulfonamides is 1. The van der Waals surface area contributed by atoms with Crippen LogP contribution in [-0.2, 0) is 19.6 Å². The number of nitrogens with zero attached hydrogens (tertiary/aromatic N) is 3. The minimum atomic E-state index is -3.85. The van der Waals surface area contributed by atoms with Crippen LogP contribution in [0.5, 0.6) is 0 Å². The summed E-state index contributed by atoms with van der Waals surface area (Å²) in [5, 5.41) is 0. The molecule has 22 heavy (non-hydrogen) atoms. The van der Waals surface area contributed by atoms with E-state index in [9.17, 15) is 13.2 Å². The number of methoxy groups -OCH3 is 1. The molecule has 2 aromatic rings. The lowest BCUT2D eigenvalue weighted by molar-refractivity contribution is -0.144. The van der Waals surface area contributed by atoms with E-state index in [0.717, 1.165) is 24.6 Å². The Hall–Kier alpha value is -1.58. The summed E-state index contributed by atoms with van der Waals surface area (Å²) in [6, 6.07) is 3.80. The average Bonchev–Trinajstić information content (AvgIpc) is 3.20. The van der Waals surface area contributed by atoms with Gasteiger partial charge in [0.1, 0.15) is 22.0 Å². The van der Waals surface area contributed by atoms with Crippen molar-refractivity contribution >= 4 is 38.8 Å². The lowest BCUT2D eigenvalue weighted by Gasteiger charge is -2.26. The molecule has 1 aromatic heterocycles. The molecule has 1 aliphatic rings. The molecule has 0 bridgehead atoms. The van der Waals surface area contributed by atoms with Gasteiger partial charge < -0.3 is 4.74 Å². The Kier molecular flexibility index (Phi) is 3.87. The van der Waals surface area contributed by atoms with Crippen molar-refractivity contribution in [3.8, 4) is 0 Å². The minimum Gasteiger partial charge on any atom is -0.468 e. The van der Waals surface area contributed by atoms with Gasteiger partial charge in [-0.2, -0.15) is 13.1 Å². The number of esters is 1. The predicted molar refractivity (Wildman–Crippen MR) is 80.9 cm³/mol. The van der Waals surface area contributed by atoms with Gasteiger partial charge in [0.05, 0.1) is 18.8 Å². The van der Waals surface area contributed by atoms with Crippen LogP contribution in [0.2, 0.25) is 0 Å². The Labute approximate surface area is 132 Å². The topological polar surface area (TPSA) is 89.5 Å². The Morgan fingerprint density at radius 2 is 2.14 bits per heavy atom. The van der Waals surface area contributed by atoms with E-state index in [-0.39, 0.29) is 10.9 Å². The van der Waals surface area contributed by atoms with E-state index in [1.165, 1.54) is 17.5 Å². The lowest BCUT2D eigenvalue weighted by atomic mass is 10.3. The summed E-state index contributed by atoms with van der Waals surface area (Å²) in [4.78, 5) is 11.9. The van der Waals surface area contributed by atoms with Gasteiger partial charge in [0.25, 0.3) is 0 Å². The third-order valence-corrected chi connectivity index (χ3v) is 6.23. The van der Waals surface area contributed by atoms with Crippen LogP contribution in [0.1, 0.15) is 19.8 Å². The monoisotopic (exact) mass is 341 g/mol. The van der Waals surface area contributed by atoms with Gasteiger partial charge in [-0.15, -0.1) is 0 Å². The number of hydrogen-bond donors (Lipinski definition) is 0. The van der Waals surface area contributed by atoms with Gasteiger partial charge in [-0.1, -0.05) is 6.07 Å². The van der Waals surface area contributed by atoms with Crippen LogP contribution in [0.4, 0.5) is 0 Å². The van der Waals surface area contributed by atoms with E-state index >= 15 is 0 Å². The molecular weight excluding hydrogens is 326 g/mol. The summed E-state index contributed by atoms with van der Waals surface area (Å²) in [6.45, 7) is 1.54. The van der Waals surface area contributed by atoms with Crippen LogP contribution in [0.3, 0.4) is 0 Å². The molecule has 1 aromatic carbocycles. The van der Waals surface area contributed by atoms with Gasteiger partial charge >= 0.3 is 5.97 Å². The molecule has 1 fully saturated rings. The second kappa shape index (κ2) is 5.56. The van der Waals surface area contributed by atoms with Crippen LogP contribution >= 0.6 is 11.7 Å². The summed E-state index contributed by atoms with van der Waals surface area (Å²) in [5.74, 6) is -0.570.